The van der Waals surface area contributed by atoms with E-state index in [4.69, 9.17) is 5.73 Å². The van der Waals surface area contributed by atoms with E-state index < -0.39 is 15.4 Å². The largest absolute Gasteiger partial charge is 0.325 e. The van der Waals surface area contributed by atoms with Crippen LogP contribution in [0, 0.1) is 0 Å². The Labute approximate surface area is 125 Å². The van der Waals surface area contributed by atoms with Crippen molar-refractivity contribution in [3.8, 4) is 0 Å². The van der Waals surface area contributed by atoms with Gasteiger partial charge in [-0.3, -0.25) is 4.79 Å². The minimum atomic E-state index is -3.36. The van der Waals surface area contributed by atoms with E-state index in [9.17, 15) is 13.2 Å². The predicted octanol–water partition coefficient (Wildman–Crippen LogP) is 2.08. The highest BCUT2D eigenvalue weighted by molar-refractivity contribution is 7.91. The molecule has 0 saturated heterocycles. The SMILES string of the molecule is CCS(=O)(=O)c1ccccc1NC(=O)CC1(N)CCCC1. The maximum absolute atomic E-state index is 12.2. The van der Waals surface area contributed by atoms with Gasteiger partial charge in [0.1, 0.15) is 0 Å². The molecule has 1 fully saturated rings. The van der Waals surface area contributed by atoms with E-state index in [1.165, 1.54) is 6.07 Å². The lowest BCUT2D eigenvalue weighted by molar-refractivity contribution is -0.117. The lowest BCUT2D eigenvalue weighted by atomic mass is 9.94. The van der Waals surface area contributed by atoms with Gasteiger partial charge in [-0.1, -0.05) is 31.9 Å². The van der Waals surface area contributed by atoms with E-state index in [1.54, 1.807) is 25.1 Å². The van der Waals surface area contributed by atoms with Crippen molar-refractivity contribution in [2.75, 3.05) is 11.1 Å². The molecule has 1 aromatic rings. The Balaban J connectivity index is 2.15. The highest BCUT2D eigenvalue weighted by atomic mass is 32.2. The summed E-state index contributed by atoms with van der Waals surface area (Å²) in [6.45, 7) is 1.58. The quantitative estimate of drug-likeness (QED) is 0.871. The van der Waals surface area contributed by atoms with Crippen LogP contribution in [0.3, 0.4) is 0 Å². The summed E-state index contributed by atoms with van der Waals surface area (Å²) in [5.74, 6) is -0.223. The molecule has 0 aliphatic heterocycles. The number of nitrogens with two attached hydrogens (primary N) is 1. The molecule has 1 saturated carbocycles. The number of sulfone groups is 1. The van der Waals surface area contributed by atoms with Crippen molar-refractivity contribution in [1.29, 1.82) is 0 Å². The monoisotopic (exact) mass is 310 g/mol. The van der Waals surface area contributed by atoms with E-state index in [-0.39, 0.29) is 23.0 Å². The predicted molar refractivity (Wildman–Crippen MR) is 82.8 cm³/mol. The fraction of sp³-hybridized carbons (Fsp3) is 0.533. The first kappa shape index (κ1) is 16.0. The van der Waals surface area contributed by atoms with Gasteiger partial charge in [-0.15, -0.1) is 0 Å². The molecule has 0 spiro atoms. The van der Waals surface area contributed by atoms with E-state index in [0.29, 0.717) is 5.69 Å². The highest BCUT2D eigenvalue weighted by Gasteiger charge is 2.32. The molecule has 0 aromatic heterocycles. The van der Waals surface area contributed by atoms with Gasteiger partial charge < -0.3 is 11.1 Å². The second-order valence-electron chi connectivity index (χ2n) is 5.69. The van der Waals surface area contributed by atoms with Crippen LogP contribution >= 0.6 is 0 Å². The molecule has 5 nitrogen and oxygen atoms in total. The fourth-order valence-corrected chi connectivity index (χ4v) is 3.82. The zero-order valence-electron chi connectivity index (χ0n) is 12.3. The summed E-state index contributed by atoms with van der Waals surface area (Å²) in [4.78, 5) is 12.3. The van der Waals surface area contributed by atoms with Gasteiger partial charge in [0.2, 0.25) is 5.91 Å². The van der Waals surface area contributed by atoms with Crippen LogP contribution in [0.25, 0.3) is 0 Å². The van der Waals surface area contributed by atoms with Gasteiger partial charge in [0.05, 0.1) is 16.3 Å². The summed E-state index contributed by atoms with van der Waals surface area (Å²) >= 11 is 0. The number of carbonyl (C=O) groups excluding carboxylic acids is 1. The van der Waals surface area contributed by atoms with Crippen LogP contribution in [0.15, 0.2) is 29.2 Å². The molecule has 6 heteroatoms. The summed E-state index contributed by atoms with van der Waals surface area (Å²) in [7, 11) is -3.36. The summed E-state index contributed by atoms with van der Waals surface area (Å²) < 4.78 is 24.1. The number of benzene rings is 1. The molecule has 21 heavy (non-hydrogen) atoms. The van der Waals surface area contributed by atoms with Crippen LogP contribution in [-0.2, 0) is 14.6 Å². The van der Waals surface area contributed by atoms with Crippen LogP contribution in [0.5, 0.6) is 0 Å². The van der Waals surface area contributed by atoms with Crippen molar-refractivity contribution in [3.63, 3.8) is 0 Å². The lowest BCUT2D eigenvalue weighted by Gasteiger charge is -2.22. The van der Waals surface area contributed by atoms with Gasteiger partial charge in [0.25, 0.3) is 0 Å². The van der Waals surface area contributed by atoms with Crippen LogP contribution in [0.1, 0.15) is 39.0 Å². The second-order valence-corrected chi connectivity index (χ2v) is 7.94. The third kappa shape index (κ3) is 3.83. The first-order chi connectivity index (χ1) is 9.86. The summed E-state index contributed by atoms with van der Waals surface area (Å²) in [6.07, 6.45) is 4.01. The van der Waals surface area contributed by atoms with Crippen molar-refractivity contribution in [2.24, 2.45) is 5.73 Å². The van der Waals surface area contributed by atoms with Crippen LogP contribution in [-0.4, -0.2) is 25.6 Å². The number of rotatable bonds is 5. The average Bonchev–Trinajstić information content (AvgIpc) is 2.85. The van der Waals surface area contributed by atoms with Crippen molar-refractivity contribution >= 4 is 21.4 Å². The van der Waals surface area contributed by atoms with Gasteiger partial charge in [0, 0.05) is 12.0 Å². The van der Waals surface area contributed by atoms with Gasteiger partial charge in [-0.2, -0.15) is 0 Å². The number of amides is 1. The van der Waals surface area contributed by atoms with Gasteiger partial charge >= 0.3 is 0 Å². The molecule has 1 aromatic carbocycles. The number of carbonyl (C=O) groups is 1. The average molecular weight is 310 g/mol. The molecular formula is C15H22N2O3S. The number of nitrogens with one attached hydrogen (secondary N) is 1. The molecule has 2 rings (SSSR count). The van der Waals surface area contributed by atoms with Gasteiger partial charge in [0.15, 0.2) is 9.84 Å². The Bertz CT molecular complexity index is 620. The summed E-state index contributed by atoms with van der Waals surface area (Å²) in [6, 6.07) is 6.48. The third-order valence-electron chi connectivity index (χ3n) is 3.99. The van der Waals surface area contributed by atoms with Gasteiger partial charge in [-0.05, 0) is 25.0 Å². The molecule has 0 bridgehead atoms. The van der Waals surface area contributed by atoms with E-state index in [1.807, 2.05) is 0 Å². The highest BCUT2D eigenvalue weighted by Crippen LogP contribution is 2.30. The van der Waals surface area contributed by atoms with Crippen molar-refractivity contribution < 1.29 is 13.2 Å². The molecule has 1 aliphatic carbocycles. The Morgan fingerprint density at radius 2 is 1.90 bits per heavy atom. The number of para-hydroxylation sites is 1. The van der Waals surface area contributed by atoms with Crippen LogP contribution in [0.4, 0.5) is 5.69 Å². The van der Waals surface area contributed by atoms with Crippen molar-refractivity contribution in [3.05, 3.63) is 24.3 Å². The minimum absolute atomic E-state index is 0.000705. The van der Waals surface area contributed by atoms with Gasteiger partial charge in [-0.25, -0.2) is 8.42 Å². The zero-order valence-corrected chi connectivity index (χ0v) is 13.1. The molecule has 0 atom stereocenters. The number of hydrogen-bond acceptors (Lipinski definition) is 4. The molecule has 1 amide bonds. The molecule has 1 aliphatic rings. The Kier molecular flexibility index (Phi) is 4.68. The molecular weight excluding hydrogens is 288 g/mol. The smallest absolute Gasteiger partial charge is 0.226 e. The summed E-state index contributed by atoms with van der Waals surface area (Å²) in [5.41, 5.74) is 6.08. The topological polar surface area (TPSA) is 89.3 Å². The van der Waals surface area contributed by atoms with E-state index >= 15 is 0 Å². The fourth-order valence-electron chi connectivity index (χ4n) is 2.77. The minimum Gasteiger partial charge on any atom is -0.325 e. The standard InChI is InChI=1S/C15H22N2O3S/c1-2-21(19,20)13-8-4-3-7-12(13)17-14(18)11-15(16)9-5-6-10-15/h3-4,7-8H,2,5-6,9-11,16H2,1H3,(H,17,18). The van der Waals surface area contributed by atoms with E-state index in [2.05, 4.69) is 5.32 Å². The Morgan fingerprint density at radius 3 is 2.52 bits per heavy atom. The molecule has 116 valence electrons. The van der Waals surface area contributed by atoms with Crippen molar-refractivity contribution in [1.82, 2.24) is 0 Å². The maximum atomic E-state index is 12.2. The van der Waals surface area contributed by atoms with Crippen LogP contribution in [0.2, 0.25) is 0 Å². The Hall–Kier alpha value is -1.40. The molecule has 3 N–H and O–H groups in total. The second kappa shape index (κ2) is 6.15. The number of hydrogen-bond donors (Lipinski definition) is 2. The van der Waals surface area contributed by atoms with Crippen molar-refractivity contribution in [2.45, 2.75) is 49.5 Å². The Morgan fingerprint density at radius 1 is 1.29 bits per heavy atom. The summed E-state index contributed by atoms with van der Waals surface area (Å²) in [5, 5.41) is 2.70. The molecule has 0 heterocycles. The lowest BCUT2D eigenvalue weighted by Crippen LogP contribution is -2.40. The first-order valence-electron chi connectivity index (χ1n) is 7.27. The molecule has 0 radical (unpaired) electrons. The van der Waals surface area contributed by atoms with E-state index in [0.717, 1.165) is 25.7 Å². The van der Waals surface area contributed by atoms with Crippen LogP contribution < -0.4 is 11.1 Å². The number of anilines is 1. The maximum Gasteiger partial charge on any atom is 0.226 e. The normalized spacial score (nSPS) is 17.6. The zero-order chi connectivity index (χ0) is 15.5. The third-order valence-corrected chi connectivity index (χ3v) is 5.77. The first-order valence-corrected chi connectivity index (χ1v) is 8.92. The molecule has 0 unspecified atom stereocenters.